The van der Waals surface area contributed by atoms with Crippen molar-refractivity contribution >= 4 is 5.57 Å². The Morgan fingerprint density at radius 3 is 1.94 bits per heavy atom. The molecular formula is C16H26. The maximum Gasteiger partial charge on any atom is -0.0132 e. The lowest BCUT2D eigenvalue weighted by Gasteiger charge is -2.20. The molecule has 0 fully saturated rings. The van der Waals surface area contributed by atoms with E-state index in [1.165, 1.54) is 16.7 Å². The summed E-state index contributed by atoms with van der Waals surface area (Å²) in [5, 5.41) is 0. The summed E-state index contributed by atoms with van der Waals surface area (Å²) in [7, 11) is 0. The molecule has 0 amide bonds. The van der Waals surface area contributed by atoms with Crippen LogP contribution in [0.4, 0.5) is 0 Å². The lowest BCUT2D eigenvalue weighted by atomic mass is 9.85. The number of benzene rings is 1. The van der Waals surface area contributed by atoms with Crippen LogP contribution in [0.2, 0.25) is 0 Å². The van der Waals surface area contributed by atoms with Crippen LogP contribution in [-0.4, -0.2) is 0 Å². The third kappa shape index (κ3) is 3.84. The molecule has 0 saturated heterocycles. The zero-order valence-corrected chi connectivity index (χ0v) is 11.9. The molecule has 1 aromatic rings. The minimum absolute atomic E-state index is 0.234. The highest BCUT2D eigenvalue weighted by Gasteiger charge is 2.14. The molecular weight excluding hydrogens is 192 g/mol. The van der Waals surface area contributed by atoms with Crippen molar-refractivity contribution in [2.45, 2.75) is 53.9 Å². The summed E-state index contributed by atoms with van der Waals surface area (Å²) in [6, 6.07) is 6.65. The summed E-state index contributed by atoms with van der Waals surface area (Å²) in [6.45, 7) is 18.9. The Morgan fingerprint density at radius 1 is 1.12 bits per heavy atom. The first-order valence-electron chi connectivity index (χ1n) is 6.09. The van der Waals surface area contributed by atoms with Crippen molar-refractivity contribution in [3.05, 3.63) is 41.5 Å². The molecule has 0 atom stereocenters. The van der Waals surface area contributed by atoms with Gasteiger partial charge in [0, 0.05) is 0 Å². The quantitative estimate of drug-likeness (QED) is 0.596. The summed E-state index contributed by atoms with van der Waals surface area (Å²) < 4.78 is 0. The molecule has 16 heavy (non-hydrogen) atoms. The summed E-state index contributed by atoms with van der Waals surface area (Å²) in [4.78, 5) is 0. The molecule has 0 unspecified atom stereocenters. The van der Waals surface area contributed by atoms with E-state index in [0.29, 0.717) is 0 Å². The van der Waals surface area contributed by atoms with E-state index in [9.17, 15) is 0 Å². The number of hydrogen-bond donors (Lipinski definition) is 0. The minimum Gasteiger partial charge on any atom is -0.0955 e. The van der Waals surface area contributed by atoms with E-state index >= 15 is 0 Å². The van der Waals surface area contributed by atoms with Crippen molar-refractivity contribution in [1.29, 1.82) is 0 Å². The van der Waals surface area contributed by atoms with Crippen LogP contribution in [-0.2, 0) is 5.41 Å². The standard InChI is InChI=1S/C14H20.C2H6/c1-10(2)13-8-7-12(9-11(13)3)14(4,5)6;1-2/h7-9H,1H2,2-6H3;1-2H3. The minimum atomic E-state index is 0.234. The van der Waals surface area contributed by atoms with Gasteiger partial charge >= 0.3 is 0 Å². The van der Waals surface area contributed by atoms with Gasteiger partial charge in [0.15, 0.2) is 0 Å². The largest absolute Gasteiger partial charge is 0.0955 e. The molecule has 0 N–H and O–H groups in total. The van der Waals surface area contributed by atoms with Crippen molar-refractivity contribution < 1.29 is 0 Å². The topological polar surface area (TPSA) is 0 Å². The van der Waals surface area contributed by atoms with Gasteiger partial charge in [-0.3, -0.25) is 0 Å². The van der Waals surface area contributed by atoms with Crippen LogP contribution < -0.4 is 0 Å². The van der Waals surface area contributed by atoms with E-state index in [1.54, 1.807) is 0 Å². The Bertz CT molecular complexity index is 351. The number of hydrogen-bond acceptors (Lipinski definition) is 0. The normalized spacial score (nSPS) is 10.4. The highest BCUT2D eigenvalue weighted by atomic mass is 14.2. The molecule has 0 aliphatic carbocycles. The molecule has 1 aromatic carbocycles. The van der Waals surface area contributed by atoms with Crippen LogP contribution in [0, 0.1) is 6.92 Å². The van der Waals surface area contributed by atoms with Gasteiger partial charge in [-0.05, 0) is 36.0 Å². The van der Waals surface area contributed by atoms with Crippen molar-refractivity contribution in [3.63, 3.8) is 0 Å². The maximum atomic E-state index is 3.98. The molecule has 0 heteroatoms. The second-order valence-corrected chi connectivity index (χ2v) is 5.06. The van der Waals surface area contributed by atoms with Gasteiger partial charge in [0.1, 0.15) is 0 Å². The van der Waals surface area contributed by atoms with Gasteiger partial charge < -0.3 is 0 Å². The molecule has 0 aliphatic rings. The zero-order chi connectivity index (χ0) is 12.9. The fourth-order valence-electron chi connectivity index (χ4n) is 1.61. The second kappa shape index (κ2) is 5.89. The molecule has 0 aromatic heterocycles. The summed E-state index contributed by atoms with van der Waals surface area (Å²) in [5.41, 5.74) is 5.36. The average molecular weight is 218 g/mol. The Labute approximate surface area is 101 Å². The van der Waals surface area contributed by atoms with E-state index in [4.69, 9.17) is 0 Å². The molecule has 0 heterocycles. The van der Waals surface area contributed by atoms with Crippen molar-refractivity contribution in [2.24, 2.45) is 0 Å². The lowest BCUT2D eigenvalue weighted by molar-refractivity contribution is 0.589. The third-order valence-corrected chi connectivity index (χ3v) is 2.55. The van der Waals surface area contributed by atoms with E-state index in [-0.39, 0.29) is 5.41 Å². The SMILES string of the molecule is C=C(C)c1ccc(C(C)(C)C)cc1C.CC. The Morgan fingerprint density at radius 2 is 1.62 bits per heavy atom. The van der Waals surface area contributed by atoms with Crippen LogP contribution in [0.3, 0.4) is 0 Å². The average Bonchev–Trinajstić information content (AvgIpc) is 2.18. The predicted octanol–water partition coefficient (Wildman–Crippen LogP) is 5.35. The molecule has 1 rings (SSSR count). The fraction of sp³-hybridized carbons (Fsp3) is 0.500. The number of rotatable bonds is 1. The lowest BCUT2D eigenvalue weighted by Crippen LogP contribution is -2.11. The van der Waals surface area contributed by atoms with Gasteiger partial charge in [-0.25, -0.2) is 0 Å². The monoisotopic (exact) mass is 218 g/mol. The smallest absolute Gasteiger partial charge is 0.0132 e. The van der Waals surface area contributed by atoms with Gasteiger partial charge in [0.05, 0.1) is 0 Å². The first-order chi connectivity index (χ1) is 7.32. The summed E-state index contributed by atoms with van der Waals surface area (Å²) in [6.07, 6.45) is 0. The number of allylic oxidation sites excluding steroid dienone is 1. The molecule has 0 radical (unpaired) electrons. The van der Waals surface area contributed by atoms with Gasteiger partial charge in [-0.1, -0.05) is 65.0 Å². The Hall–Kier alpha value is -1.04. The van der Waals surface area contributed by atoms with Crippen molar-refractivity contribution in [2.75, 3.05) is 0 Å². The van der Waals surface area contributed by atoms with E-state index in [0.717, 1.165) is 5.57 Å². The second-order valence-electron chi connectivity index (χ2n) is 5.06. The van der Waals surface area contributed by atoms with Gasteiger partial charge in [0.2, 0.25) is 0 Å². The van der Waals surface area contributed by atoms with Crippen LogP contribution >= 0.6 is 0 Å². The van der Waals surface area contributed by atoms with E-state index in [1.807, 2.05) is 13.8 Å². The highest BCUT2D eigenvalue weighted by Crippen LogP contribution is 2.26. The predicted molar refractivity (Wildman–Crippen MR) is 75.9 cm³/mol. The van der Waals surface area contributed by atoms with Gasteiger partial charge in [-0.15, -0.1) is 0 Å². The van der Waals surface area contributed by atoms with E-state index in [2.05, 4.69) is 59.4 Å². The van der Waals surface area contributed by atoms with Crippen molar-refractivity contribution in [3.8, 4) is 0 Å². The molecule has 90 valence electrons. The van der Waals surface area contributed by atoms with Crippen LogP contribution in [0.5, 0.6) is 0 Å². The first-order valence-corrected chi connectivity index (χ1v) is 6.09. The van der Waals surface area contributed by atoms with Crippen LogP contribution in [0.1, 0.15) is 58.2 Å². The van der Waals surface area contributed by atoms with Crippen molar-refractivity contribution in [1.82, 2.24) is 0 Å². The van der Waals surface area contributed by atoms with Gasteiger partial charge in [0.25, 0.3) is 0 Å². The number of aryl methyl sites for hydroxylation is 1. The zero-order valence-electron chi connectivity index (χ0n) is 11.9. The Balaban J connectivity index is 0.00000106. The highest BCUT2D eigenvalue weighted by molar-refractivity contribution is 5.64. The molecule has 0 saturated carbocycles. The van der Waals surface area contributed by atoms with Crippen LogP contribution in [0.25, 0.3) is 5.57 Å². The summed E-state index contributed by atoms with van der Waals surface area (Å²) in [5.74, 6) is 0. The van der Waals surface area contributed by atoms with Crippen LogP contribution in [0.15, 0.2) is 24.8 Å². The molecule has 0 bridgehead atoms. The first kappa shape index (κ1) is 15.0. The molecule has 0 nitrogen and oxygen atoms in total. The third-order valence-electron chi connectivity index (χ3n) is 2.55. The maximum absolute atomic E-state index is 3.98. The molecule has 0 aliphatic heterocycles. The van der Waals surface area contributed by atoms with Gasteiger partial charge in [-0.2, -0.15) is 0 Å². The fourth-order valence-corrected chi connectivity index (χ4v) is 1.61. The molecule has 0 spiro atoms. The van der Waals surface area contributed by atoms with E-state index < -0.39 is 0 Å². The summed E-state index contributed by atoms with van der Waals surface area (Å²) >= 11 is 0. The Kier molecular flexibility index (Phi) is 5.50.